The number of pyridine rings is 1. The zero-order chi connectivity index (χ0) is 16.5. The summed E-state index contributed by atoms with van der Waals surface area (Å²) >= 11 is 0. The van der Waals surface area contributed by atoms with Crippen molar-refractivity contribution < 1.29 is 17.2 Å². The van der Waals surface area contributed by atoms with Crippen molar-refractivity contribution in [3.63, 3.8) is 0 Å². The van der Waals surface area contributed by atoms with Gasteiger partial charge in [0, 0.05) is 12.3 Å². The lowest BCUT2D eigenvalue weighted by atomic mass is 9.88. The van der Waals surface area contributed by atoms with E-state index >= 15 is 0 Å². The minimum Gasteiger partial charge on any atom is -0.278 e. The van der Waals surface area contributed by atoms with Crippen LogP contribution < -0.4 is 4.72 Å². The van der Waals surface area contributed by atoms with E-state index in [4.69, 9.17) is 0 Å². The Morgan fingerprint density at radius 3 is 2.36 bits per heavy atom. The lowest BCUT2D eigenvalue weighted by molar-refractivity contribution is 0.551. The molecule has 4 nitrogen and oxygen atoms in total. The third kappa shape index (κ3) is 3.59. The second-order valence-corrected chi connectivity index (χ2v) is 7.54. The van der Waals surface area contributed by atoms with Gasteiger partial charge in [0.2, 0.25) is 0 Å². The van der Waals surface area contributed by atoms with E-state index in [9.17, 15) is 17.2 Å². The Kier molecular flexibility index (Phi) is 4.19. The molecule has 7 heteroatoms. The minimum absolute atomic E-state index is 0.213. The van der Waals surface area contributed by atoms with Gasteiger partial charge in [0.15, 0.2) is 0 Å². The number of rotatable bonds is 3. The highest BCUT2D eigenvalue weighted by Crippen LogP contribution is 2.25. The molecule has 118 valence electrons. The molecule has 2 rings (SSSR count). The second kappa shape index (κ2) is 5.64. The number of nitrogens with zero attached hydrogens (tertiary/aromatic N) is 1. The fourth-order valence-corrected chi connectivity index (χ4v) is 2.90. The fraction of sp³-hybridized carbons (Fsp3) is 0.267. The van der Waals surface area contributed by atoms with Gasteiger partial charge in [0.1, 0.15) is 16.5 Å². The monoisotopic (exact) mass is 326 g/mol. The predicted octanol–water partition coefficient (Wildman–Crippen LogP) is 3.46. The molecule has 2 aromatic rings. The third-order valence-electron chi connectivity index (χ3n) is 3.04. The zero-order valence-electron chi connectivity index (χ0n) is 12.4. The molecule has 22 heavy (non-hydrogen) atoms. The maximum Gasteiger partial charge on any atom is 0.264 e. The highest BCUT2D eigenvalue weighted by molar-refractivity contribution is 7.92. The molecule has 0 saturated heterocycles. The van der Waals surface area contributed by atoms with E-state index in [1.54, 1.807) is 12.3 Å². The van der Waals surface area contributed by atoms with Gasteiger partial charge in [-0.2, -0.15) is 0 Å². The van der Waals surface area contributed by atoms with E-state index in [1.807, 2.05) is 20.8 Å². The second-order valence-electron chi connectivity index (χ2n) is 5.89. The van der Waals surface area contributed by atoms with E-state index in [1.165, 1.54) is 6.20 Å². The van der Waals surface area contributed by atoms with Crippen molar-refractivity contribution in [2.24, 2.45) is 0 Å². The first kappa shape index (κ1) is 16.4. The van der Waals surface area contributed by atoms with Crippen LogP contribution in [0.4, 0.5) is 14.5 Å². The number of anilines is 1. The minimum atomic E-state index is -4.15. The van der Waals surface area contributed by atoms with Crippen molar-refractivity contribution in [2.75, 3.05) is 4.72 Å². The van der Waals surface area contributed by atoms with Gasteiger partial charge < -0.3 is 0 Å². The Morgan fingerprint density at radius 2 is 1.77 bits per heavy atom. The lowest BCUT2D eigenvalue weighted by Crippen LogP contribution is -2.17. The molecule has 0 bridgehead atoms. The van der Waals surface area contributed by atoms with Gasteiger partial charge in [-0.1, -0.05) is 20.8 Å². The number of aromatic nitrogens is 1. The maximum absolute atomic E-state index is 13.6. The van der Waals surface area contributed by atoms with Crippen LogP contribution in [0.25, 0.3) is 0 Å². The average molecular weight is 326 g/mol. The number of halogens is 2. The van der Waals surface area contributed by atoms with Crippen molar-refractivity contribution >= 4 is 15.7 Å². The summed E-state index contributed by atoms with van der Waals surface area (Å²) in [5, 5.41) is 0. The van der Waals surface area contributed by atoms with Gasteiger partial charge in [-0.05, 0) is 29.2 Å². The molecule has 1 heterocycles. The molecule has 0 atom stereocenters. The molecular weight excluding hydrogens is 310 g/mol. The zero-order valence-corrected chi connectivity index (χ0v) is 13.2. The van der Waals surface area contributed by atoms with Crippen LogP contribution in [0.5, 0.6) is 0 Å². The lowest BCUT2D eigenvalue weighted by Gasteiger charge is -2.19. The first-order chi connectivity index (χ1) is 10.1. The van der Waals surface area contributed by atoms with E-state index in [2.05, 4.69) is 9.71 Å². The first-order valence-corrected chi connectivity index (χ1v) is 8.01. The summed E-state index contributed by atoms with van der Waals surface area (Å²) in [5.74, 6) is -1.99. The Morgan fingerprint density at radius 1 is 1.09 bits per heavy atom. The molecule has 0 radical (unpaired) electrons. The summed E-state index contributed by atoms with van der Waals surface area (Å²) in [6, 6.07) is 3.93. The topological polar surface area (TPSA) is 59.1 Å². The predicted molar refractivity (Wildman–Crippen MR) is 80.1 cm³/mol. The molecule has 0 aliphatic heterocycles. The van der Waals surface area contributed by atoms with E-state index in [-0.39, 0.29) is 11.1 Å². The van der Waals surface area contributed by atoms with Gasteiger partial charge in [-0.15, -0.1) is 0 Å². The molecule has 0 aliphatic rings. The normalized spacial score (nSPS) is 12.2. The number of benzene rings is 1. The van der Waals surface area contributed by atoms with Crippen LogP contribution in [0.3, 0.4) is 0 Å². The Balaban J connectivity index is 2.37. The maximum atomic E-state index is 13.6. The highest BCUT2D eigenvalue weighted by atomic mass is 32.2. The molecule has 0 fully saturated rings. The number of nitrogens with one attached hydrogen (secondary N) is 1. The van der Waals surface area contributed by atoms with Gasteiger partial charge >= 0.3 is 0 Å². The number of hydrogen-bond acceptors (Lipinski definition) is 3. The molecule has 1 N–H and O–H groups in total. The summed E-state index contributed by atoms with van der Waals surface area (Å²) in [6.07, 6.45) is 2.96. The van der Waals surface area contributed by atoms with Gasteiger partial charge in [-0.25, -0.2) is 17.2 Å². The molecular formula is C15H16F2N2O2S. The molecule has 1 aromatic carbocycles. The molecule has 0 amide bonds. The summed E-state index contributed by atoms with van der Waals surface area (Å²) in [7, 11) is -4.15. The van der Waals surface area contributed by atoms with Crippen LogP contribution in [-0.2, 0) is 15.4 Å². The number of hydrogen-bond donors (Lipinski definition) is 1. The standard InChI is InChI=1S/C15H16F2N2O2S/c1-15(2,3)10-6-12(9-18-8-10)19-22(20,21)14-5-4-11(16)7-13(14)17/h4-9,19H,1-3H3. The third-order valence-corrected chi connectivity index (χ3v) is 4.45. The van der Waals surface area contributed by atoms with Crippen molar-refractivity contribution in [3.8, 4) is 0 Å². The number of sulfonamides is 1. The summed E-state index contributed by atoms with van der Waals surface area (Å²) in [4.78, 5) is 3.37. The Labute approximate surface area is 128 Å². The van der Waals surface area contributed by atoms with Gasteiger partial charge in [0.25, 0.3) is 10.0 Å². The molecule has 0 unspecified atom stereocenters. The highest BCUT2D eigenvalue weighted by Gasteiger charge is 2.21. The smallest absolute Gasteiger partial charge is 0.264 e. The quantitative estimate of drug-likeness (QED) is 0.940. The molecule has 0 saturated carbocycles. The van der Waals surface area contributed by atoms with Crippen LogP contribution in [0.15, 0.2) is 41.6 Å². The van der Waals surface area contributed by atoms with Crippen LogP contribution in [-0.4, -0.2) is 13.4 Å². The first-order valence-electron chi connectivity index (χ1n) is 6.53. The summed E-state index contributed by atoms with van der Waals surface area (Å²) in [5.41, 5.74) is 0.832. The summed E-state index contributed by atoms with van der Waals surface area (Å²) in [6.45, 7) is 5.88. The van der Waals surface area contributed by atoms with Crippen molar-refractivity contribution in [1.82, 2.24) is 4.98 Å². The molecule has 0 spiro atoms. The molecule has 0 aliphatic carbocycles. The van der Waals surface area contributed by atoms with Crippen LogP contribution in [0.1, 0.15) is 26.3 Å². The van der Waals surface area contributed by atoms with E-state index < -0.39 is 26.6 Å². The van der Waals surface area contributed by atoms with Crippen molar-refractivity contribution in [1.29, 1.82) is 0 Å². The van der Waals surface area contributed by atoms with E-state index in [0.29, 0.717) is 6.07 Å². The van der Waals surface area contributed by atoms with Crippen LogP contribution >= 0.6 is 0 Å². The largest absolute Gasteiger partial charge is 0.278 e. The average Bonchev–Trinajstić information content (AvgIpc) is 2.36. The SMILES string of the molecule is CC(C)(C)c1cncc(NS(=O)(=O)c2ccc(F)cc2F)c1. The van der Waals surface area contributed by atoms with Crippen LogP contribution in [0, 0.1) is 11.6 Å². The Hall–Kier alpha value is -2.02. The van der Waals surface area contributed by atoms with Crippen molar-refractivity contribution in [2.45, 2.75) is 31.1 Å². The van der Waals surface area contributed by atoms with E-state index in [0.717, 1.165) is 17.7 Å². The van der Waals surface area contributed by atoms with Crippen molar-refractivity contribution in [3.05, 3.63) is 53.9 Å². The summed E-state index contributed by atoms with van der Waals surface area (Å²) < 4.78 is 53.2. The van der Waals surface area contributed by atoms with Gasteiger partial charge in [0.05, 0.1) is 11.9 Å². The van der Waals surface area contributed by atoms with Crippen LogP contribution in [0.2, 0.25) is 0 Å². The Bertz CT molecular complexity index is 799. The van der Waals surface area contributed by atoms with Gasteiger partial charge in [-0.3, -0.25) is 9.71 Å². The fourth-order valence-electron chi connectivity index (χ4n) is 1.81. The molecule has 1 aromatic heterocycles.